The summed E-state index contributed by atoms with van der Waals surface area (Å²) in [6.45, 7) is 7.82. The van der Waals surface area contributed by atoms with Crippen molar-refractivity contribution in [3.63, 3.8) is 0 Å². The minimum absolute atomic E-state index is 0.127. The van der Waals surface area contributed by atoms with Crippen LogP contribution >= 0.6 is 0 Å². The second-order valence-corrected chi connectivity index (χ2v) is 12.1. The number of carboxylic acids is 1. The van der Waals surface area contributed by atoms with Crippen LogP contribution in [-0.4, -0.2) is 66.3 Å². The highest BCUT2D eigenvalue weighted by Gasteiger charge is 2.38. The number of aliphatic carboxylic acids is 1. The fraction of sp³-hybridized carbons (Fsp3) is 0.429. The zero-order chi connectivity index (χ0) is 30.5. The third-order valence-electron chi connectivity index (χ3n) is 7.21. The standard InChI is InChI=1S/C26H34N4O3S.C2HF3O2/c1-4-28-17(3)19-7-6-8-20(13-19)21-14-22-24(16-29-25(22)23(15-21)26(27)31)18-9-11-30(12-10-18)34(32,33)5-2;3-2(4,5)1(6)7/h6-8,13-18,28-29H,4-5,9-12H2,1-3H3,(H2,27,31);(H,6,7). The predicted octanol–water partition coefficient (Wildman–Crippen LogP) is 4.77. The molecule has 1 fully saturated rings. The number of carboxylic acid groups (broad SMARTS) is 1. The second kappa shape index (κ2) is 13.0. The highest BCUT2D eigenvalue weighted by molar-refractivity contribution is 7.89. The lowest BCUT2D eigenvalue weighted by Crippen LogP contribution is -2.38. The van der Waals surface area contributed by atoms with E-state index in [0.717, 1.165) is 47.0 Å². The number of benzene rings is 2. The van der Waals surface area contributed by atoms with E-state index in [1.54, 1.807) is 11.2 Å². The number of carbonyl (C=O) groups is 2. The predicted molar refractivity (Wildman–Crippen MR) is 151 cm³/mol. The van der Waals surface area contributed by atoms with E-state index in [0.29, 0.717) is 18.7 Å². The topological polar surface area (TPSA) is 146 Å². The van der Waals surface area contributed by atoms with Crippen molar-refractivity contribution in [1.82, 2.24) is 14.6 Å². The molecule has 4 rings (SSSR count). The maximum Gasteiger partial charge on any atom is 0.490 e. The molecule has 5 N–H and O–H groups in total. The van der Waals surface area contributed by atoms with Gasteiger partial charge in [0.15, 0.2) is 0 Å². The van der Waals surface area contributed by atoms with Gasteiger partial charge in [0.1, 0.15) is 0 Å². The molecule has 1 aromatic heterocycles. The average Bonchev–Trinajstić information content (AvgIpc) is 3.36. The number of amides is 1. The largest absolute Gasteiger partial charge is 0.490 e. The van der Waals surface area contributed by atoms with E-state index in [9.17, 15) is 26.4 Å². The number of alkyl halides is 3. The van der Waals surface area contributed by atoms with Gasteiger partial charge in [0, 0.05) is 30.7 Å². The number of nitrogens with two attached hydrogens (primary N) is 1. The van der Waals surface area contributed by atoms with Crippen LogP contribution in [0.5, 0.6) is 0 Å². The summed E-state index contributed by atoms with van der Waals surface area (Å²) in [6.07, 6.45) is -1.63. The van der Waals surface area contributed by atoms with Gasteiger partial charge in [0.05, 0.1) is 16.8 Å². The molecule has 2 heterocycles. The molecule has 0 spiro atoms. The molecule has 1 atom stereocenters. The third-order valence-corrected chi connectivity index (χ3v) is 9.09. The van der Waals surface area contributed by atoms with Crippen LogP contribution < -0.4 is 11.1 Å². The Bertz CT molecular complexity index is 1500. The van der Waals surface area contributed by atoms with Gasteiger partial charge in [-0.25, -0.2) is 17.5 Å². The van der Waals surface area contributed by atoms with E-state index in [2.05, 4.69) is 48.4 Å². The molecule has 0 bridgehead atoms. The van der Waals surface area contributed by atoms with E-state index in [4.69, 9.17) is 15.6 Å². The monoisotopic (exact) mass is 596 g/mol. The molecule has 0 radical (unpaired) electrons. The minimum Gasteiger partial charge on any atom is -0.475 e. The van der Waals surface area contributed by atoms with Gasteiger partial charge in [-0.1, -0.05) is 25.1 Å². The Labute approximate surface area is 237 Å². The van der Waals surface area contributed by atoms with Crippen molar-refractivity contribution < 1.29 is 36.3 Å². The van der Waals surface area contributed by atoms with Crippen LogP contribution in [0, 0.1) is 0 Å². The van der Waals surface area contributed by atoms with E-state index in [1.807, 2.05) is 18.3 Å². The van der Waals surface area contributed by atoms with Gasteiger partial charge in [0.25, 0.3) is 5.91 Å². The Morgan fingerprint density at radius 3 is 2.32 bits per heavy atom. The number of rotatable bonds is 8. The summed E-state index contributed by atoms with van der Waals surface area (Å²) in [7, 11) is -3.17. The Kier molecular flexibility index (Phi) is 10.2. The summed E-state index contributed by atoms with van der Waals surface area (Å²) in [4.78, 5) is 24.5. The number of aromatic nitrogens is 1. The quantitative estimate of drug-likeness (QED) is 0.295. The van der Waals surface area contributed by atoms with Crippen molar-refractivity contribution >= 4 is 32.8 Å². The van der Waals surface area contributed by atoms with E-state index in [-0.39, 0.29) is 17.7 Å². The molecule has 41 heavy (non-hydrogen) atoms. The number of halogens is 3. The van der Waals surface area contributed by atoms with Crippen LogP contribution in [0.15, 0.2) is 42.6 Å². The van der Waals surface area contributed by atoms with E-state index < -0.39 is 28.1 Å². The number of nitrogens with one attached hydrogen (secondary N) is 2. The number of carbonyl (C=O) groups excluding carboxylic acids is 1. The number of aromatic amines is 1. The average molecular weight is 597 g/mol. The van der Waals surface area contributed by atoms with Gasteiger partial charge in [-0.2, -0.15) is 13.2 Å². The van der Waals surface area contributed by atoms with Crippen molar-refractivity contribution in [3.8, 4) is 11.1 Å². The molecule has 3 aromatic rings. The minimum atomic E-state index is -5.08. The molecule has 0 saturated carbocycles. The number of fused-ring (bicyclic) bond motifs is 1. The van der Waals surface area contributed by atoms with Crippen LogP contribution in [0.3, 0.4) is 0 Å². The van der Waals surface area contributed by atoms with Crippen LogP contribution in [0.1, 0.15) is 67.1 Å². The zero-order valence-corrected chi connectivity index (χ0v) is 23.9. The Morgan fingerprint density at radius 1 is 1.15 bits per heavy atom. The molecule has 1 amide bonds. The van der Waals surface area contributed by atoms with Crippen molar-refractivity contribution in [2.75, 3.05) is 25.4 Å². The van der Waals surface area contributed by atoms with Crippen LogP contribution in [0.25, 0.3) is 22.0 Å². The molecule has 9 nitrogen and oxygen atoms in total. The fourth-order valence-corrected chi connectivity index (χ4v) is 6.12. The number of sulfonamides is 1. The highest BCUT2D eigenvalue weighted by Crippen LogP contribution is 2.37. The summed E-state index contributed by atoms with van der Waals surface area (Å²) < 4.78 is 57.9. The number of H-pyrrole nitrogens is 1. The number of hydrogen-bond donors (Lipinski definition) is 4. The summed E-state index contributed by atoms with van der Waals surface area (Å²) in [5, 5.41) is 11.5. The maximum absolute atomic E-state index is 12.3. The van der Waals surface area contributed by atoms with Gasteiger partial charge in [-0.3, -0.25) is 4.79 Å². The first-order valence-corrected chi connectivity index (χ1v) is 14.9. The van der Waals surface area contributed by atoms with Gasteiger partial charge in [-0.15, -0.1) is 0 Å². The molecule has 2 aromatic carbocycles. The van der Waals surface area contributed by atoms with E-state index >= 15 is 0 Å². The van der Waals surface area contributed by atoms with Crippen molar-refractivity contribution in [3.05, 3.63) is 59.3 Å². The summed E-state index contributed by atoms with van der Waals surface area (Å²) in [5.74, 6) is -2.89. The summed E-state index contributed by atoms with van der Waals surface area (Å²) >= 11 is 0. The maximum atomic E-state index is 12.3. The molecule has 1 aliphatic heterocycles. The molecular weight excluding hydrogens is 561 g/mol. The van der Waals surface area contributed by atoms with Crippen molar-refractivity contribution in [2.24, 2.45) is 5.73 Å². The summed E-state index contributed by atoms with van der Waals surface area (Å²) in [6, 6.07) is 12.5. The molecule has 1 saturated heterocycles. The normalized spacial score (nSPS) is 15.8. The molecular formula is C28H35F3N4O5S. The first-order valence-electron chi connectivity index (χ1n) is 13.3. The number of primary amides is 1. The molecule has 0 aliphatic carbocycles. The Morgan fingerprint density at radius 2 is 1.78 bits per heavy atom. The highest BCUT2D eigenvalue weighted by atomic mass is 32.2. The SMILES string of the molecule is CCNC(C)c1cccc(-c2cc(C(N)=O)c3[nH]cc(C4CCN(S(=O)(=O)CC)CC4)c3c2)c1.O=C(O)C(F)(F)F. The zero-order valence-electron chi connectivity index (χ0n) is 23.1. The van der Waals surface area contributed by atoms with Gasteiger partial charge < -0.3 is 21.1 Å². The third kappa shape index (κ3) is 7.66. The molecule has 13 heteroatoms. The molecule has 1 aliphatic rings. The lowest BCUT2D eigenvalue weighted by atomic mass is 9.88. The van der Waals surface area contributed by atoms with Crippen LogP contribution in [-0.2, 0) is 14.8 Å². The fourth-order valence-electron chi connectivity index (χ4n) is 4.99. The smallest absolute Gasteiger partial charge is 0.475 e. The van der Waals surface area contributed by atoms with Gasteiger partial charge in [0.2, 0.25) is 10.0 Å². The van der Waals surface area contributed by atoms with Gasteiger partial charge in [-0.05, 0) is 79.6 Å². The number of hydrogen-bond acceptors (Lipinski definition) is 5. The van der Waals surface area contributed by atoms with Crippen LogP contribution in [0.2, 0.25) is 0 Å². The Hall–Kier alpha value is -3.42. The second-order valence-electron chi connectivity index (χ2n) is 9.84. The molecule has 224 valence electrons. The summed E-state index contributed by atoms with van der Waals surface area (Å²) in [5.41, 5.74) is 11.3. The van der Waals surface area contributed by atoms with Gasteiger partial charge >= 0.3 is 12.1 Å². The number of piperidine rings is 1. The van der Waals surface area contributed by atoms with E-state index in [1.165, 1.54) is 5.56 Å². The molecule has 1 unspecified atom stereocenters. The van der Waals surface area contributed by atoms with Crippen molar-refractivity contribution in [1.29, 1.82) is 0 Å². The first kappa shape index (κ1) is 32.1. The Balaban J connectivity index is 0.000000587. The lowest BCUT2D eigenvalue weighted by molar-refractivity contribution is -0.192. The lowest BCUT2D eigenvalue weighted by Gasteiger charge is -2.31. The van der Waals surface area contributed by atoms with Crippen molar-refractivity contribution in [2.45, 2.75) is 51.7 Å². The van der Waals surface area contributed by atoms with Crippen LogP contribution in [0.4, 0.5) is 13.2 Å². The number of nitrogens with zero attached hydrogens (tertiary/aromatic N) is 1. The first-order chi connectivity index (χ1) is 19.2.